The molecular formula is C12H13ClF2N2S. The Morgan fingerprint density at radius 3 is 2.67 bits per heavy atom. The van der Waals surface area contributed by atoms with E-state index in [9.17, 15) is 8.78 Å². The van der Waals surface area contributed by atoms with Gasteiger partial charge in [0.05, 0.1) is 10.7 Å². The Labute approximate surface area is 114 Å². The Bertz CT molecular complexity index is 480. The lowest BCUT2D eigenvalue weighted by atomic mass is 9.97. The fraction of sp³-hybridized carbons (Fsp3) is 0.417. The molecule has 0 atom stereocenters. The van der Waals surface area contributed by atoms with Crippen molar-refractivity contribution in [1.82, 2.24) is 0 Å². The summed E-state index contributed by atoms with van der Waals surface area (Å²) < 4.78 is 26.5. The van der Waals surface area contributed by atoms with E-state index in [1.165, 1.54) is 11.8 Å². The number of hydrogen-bond acceptors (Lipinski definition) is 3. The van der Waals surface area contributed by atoms with Crippen LogP contribution in [0.5, 0.6) is 0 Å². The van der Waals surface area contributed by atoms with Crippen LogP contribution < -0.4 is 5.32 Å². The number of anilines is 1. The zero-order chi connectivity index (χ0) is 13.3. The number of benzene rings is 1. The first kappa shape index (κ1) is 13.6. The molecule has 0 radical (unpaired) electrons. The van der Waals surface area contributed by atoms with Crippen molar-refractivity contribution in [3.63, 3.8) is 0 Å². The quantitative estimate of drug-likeness (QED) is 0.840. The topological polar surface area (TPSA) is 24.4 Å². The monoisotopic (exact) mass is 290 g/mol. The molecule has 1 heterocycles. The third-order valence-corrected chi connectivity index (χ3v) is 4.22. The summed E-state index contributed by atoms with van der Waals surface area (Å²) in [5.74, 6) is -0.519. The minimum Gasteiger partial charge on any atom is -0.331 e. The summed E-state index contributed by atoms with van der Waals surface area (Å²) in [6.07, 6.45) is 0. The Kier molecular flexibility index (Phi) is 3.82. The number of nitrogens with one attached hydrogen (secondary N) is 1. The largest absolute Gasteiger partial charge is 0.331 e. The predicted molar refractivity (Wildman–Crippen MR) is 73.5 cm³/mol. The van der Waals surface area contributed by atoms with Crippen LogP contribution in [-0.2, 0) is 0 Å². The standard InChI is InChI=1S/C12H13ClF2N2S/c1-12(2)5-16-11(18-6-12)17-10-8(13)3-7(14)4-9(10)15/h3-4H,5-6H2,1-2H3,(H,16,17). The van der Waals surface area contributed by atoms with Gasteiger partial charge in [0.1, 0.15) is 5.82 Å². The molecule has 0 amide bonds. The highest BCUT2D eigenvalue weighted by atomic mass is 35.5. The summed E-state index contributed by atoms with van der Waals surface area (Å²) >= 11 is 7.31. The molecule has 18 heavy (non-hydrogen) atoms. The molecule has 6 heteroatoms. The molecule has 1 aliphatic heterocycles. The van der Waals surface area contributed by atoms with Crippen LogP contribution in [0, 0.1) is 17.0 Å². The molecule has 0 saturated heterocycles. The molecule has 0 bridgehead atoms. The van der Waals surface area contributed by atoms with Crippen LogP contribution in [-0.4, -0.2) is 17.5 Å². The van der Waals surface area contributed by atoms with Gasteiger partial charge in [0.25, 0.3) is 0 Å². The Balaban J connectivity index is 2.18. The van der Waals surface area contributed by atoms with Crippen molar-refractivity contribution in [2.75, 3.05) is 17.6 Å². The molecule has 1 aliphatic rings. The second kappa shape index (κ2) is 5.05. The third-order valence-electron chi connectivity index (χ3n) is 2.49. The maximum absolute atomic E-state index is 13.6. The van der Waals surface area contributed by atoms with E-state index in [0.717, 1.165) is 17.9 Å². The zero-order valence-electron chi connectivity index (χ0n) is 10.1. The van der Waals surface area contributed by atoms with Gasteiger partial charge in [-0.1, -0.05) is 37.2 Å². The van der Waals surface area contributed by atoms with Gasteiger partial charge >= 0.3 is 0 Å². The molecular weight excluding hydrogens is 278 g/mol. The molecule has 0 aromatic heterocycles. The van der Waals surface area contributed by atoms with Crippen LogP contribution in [0.4, 0.5) is 14.5 Å². The zero-order valence-corrected chi connectivity index (χ0v) is 11.6. The molecule has 0 spiro atoms. The molecule has 98 valence electrons. The smallest absolute Gasteiger partial charge is 0.161 e. The van der Waals surface area contributed by atoms with Crippen LogP contribution in [0.25, 0.3) is 0 Å². The fourth-order valence-corrected chi connectivity index (χ4v) is 2.68. The first-order chi connectivity index (χ1) is 8.37. The van der Waals surface area contributed by atoms with Crippen LogP contribution in [0.1, 0.15) is 13.8 Å². The van der Waals surface area contributed by atoms with Gasteiger partial charge in [-0.25, -0.2) is 8.78 Å². The van der Waals surface area contributed by atoms with E-state index in [0.29, 0.717) is 11.7 Å². The summed E-state index contributed by atoms with van der Waals surface area (Å²) in [4.78, 5) is 4.33. The lowest BCUT2D eigenvalue weighted by molar-refractivity contribution is 0.438. The van der Waals surface area contributed by atoms with Gasteiger partial charge in [-0.2, -0.15) is 0 Å². The normalized spacial score (nSPS) is 18.4. The van der Waals surface area contributed by atoms with E-state index < -0.39 is 11.6 Å². The van der Waals surface area contributed by atoms with Gasteiger partial charge in [0.2, 0.25) is 0 Å². The molecule has 2 rings (SSSR count). The molecule has 1 aromatic carbocycles. The minimum atomic E-state index is -0.715. The molecule has 0 saturated carbocycles. The molecule has 0 fully saturated rings. The average Bonchev–Trinajstić information content (AvgIpc) is 2.25. The highest BCUT2D eigenvalue weighted by molar-refractivity contribution is 8.14. The van der Waals surface area contributed by atoms with Crippen LogP contribution in [0.15, 0.2) is 17.1 Å². The Morgan fingerprint density at radius 2 is 2.11 bits per heavy atom. The van der Waals surface area contributed by atoms with E-state index in [2.05, 4.69) is 24.2 Å². The fourth-order valence-electron chi connectivity index (χ4n) is 1.48. The Morgan fingerprint density at radius 1 is 1.39 bits per heavy atom. The summed E-state index contributed by atoms with van der Waals surface area (Å²) in [5.41, 5.74) is 0.213. The SMILES string of the molecule is CC1(C)CN=C(Nc2c(F)cc(F)cc2Cl)SC1. The van der Waals surface area contributed by atoms with Gasteiger partial charge in [0, 0.05) is 18.4 Å². The molecule has 0 unspecified atom stereocenters. The van der Waals surface area contributed by atoms with E-state index in [1.54, 1.807) is 0 Å². The summed E-state index contributed by atoms with van der Waals surface area (Å²) in [7, 11) is 0. The minimum absolute atomic E-state index is 0.0145. The van der Waals surface area contributed by atoms with E-state index in [-0.39, 0.29) is 16.1 Å². The third kappa shape index (κ3) is 3.14. The van der Waals surface area contributed by atoms with Gasteiger partial charge in [0.15, 0.2) is 11.0 Å². The van der Waals surface area contributed by atoms with Crippen LogP contribution in [0.2, 0.25) is 5.02 Å². The first-order valence-electron chi connectivity index (χ1n) is 5.46. The average molecular weight is 291 g/mol. The van der Waals surface area contributed by atoms with Crippen LogP contribution in [0.3, 0.4) is 0 Å². The molecule has 1 N–H and O–H groups in total. The van der Waals surface area contributed by atoms with E-state index in [1.807, 2.05) is 0 Å². The van der Waals surface area contributed by atoms with Crippen molar-refractivity contribution in [1.29, 1.82) is 0 Å². The van der Waals surface area contributed by atoms with Crippen molar-refractivity contribution < 1.29 is 8.78 Å². The molecule has 2 nitrogen and oxygen atoms in total. The van der Waals surface area contributed by atoms with Gasteiger partial charge in [-0.05, 0) is 11.5 Å². The van der Waals surface area contributed by atoms with Crippen molar-refractivity contribution in [3.8, 4) is 0 Å². The van der Waals surface area contributed by atoms with Crippen molar-refractivity contribution in [2.24, 2.45) is 10.4 Å². The molecule has 0 aliphatic carbocycles. The first-order valence-corrected chi connectivity index (χ1v) is 6.82. The van der Waals surface area contributed by atoms with Gasteiger partial charge < -0.3 is 5.32 Å². The summed E-state index contributed by atoms with van der Waals surface area (Å²) in [6, 6.07) is 1.87. The second-order valence-corrected chi connectivity index (χ2v) is 6.31. The summed E-state index contributed by atoms with van der Waals surface area (Å²) in [5, 5.41) is 3.45. The van der Waals surface area contributed by atoms with E-state index in [4.69, 9.17) is 11.6 Å². The van der Waals surface area contributed by atoms with Gasteiger partial charge in [-0.15, -0.1) is 0 Å². The van der Waals surface area contributed by atoms with Gasteiger partial charge in [-0.3, -0.25) is 4.99 Å². The Hall–Kier alpha value is -0.810. The van der Waals surface area contributed by atoms with E-state index >= 15 is 0 Å². The number of thioether (sulfide) groups is 1. The van der Waals surface area contributed by atoms with Crippen LogP contribution >= 0.6 is 23.4 Å². The maximum Gasteiger partial charge on any atom is 0.161 e. The summed E-state index contributed by atoms with van der Waals surface area (Å²) in [6.45, 7) is 4.90. The number of rotatable bonds is 1. The molecule has 1 aromatic rings. The predicted octanol–water partition coefficient (Wildman–Crippen LogP) is 4.16. The maximum atomic E-state index is 13.6. The number of aliphatic imine (C=N–C) groups is 1. The lowest BCUT2D eigenvalue weighted by Gasteiger charge is -2.27. The number of amidine groups is 1. The number of nitrogens with zero attached hydrogens (tertiary/aromatic N) is 1. The van der Waals surface area contributed by atoms with Crippen molar-refractivity contribution >= 4 is 34.2 Å². The lowest BCUT2D eigenvalue weighted by Crippen LogP contribution is -2.27. The van der Waals surface area contributed by atoms with Crippen molar-refractivity contribution in [2.45, 2.75) is 13.8 Å². The highest BCUT2D eigenvalue weighted by Gasteiger charge is 2.24. The highest BCUT2D eigenvalue weighted by Crippen LogP contribution is 2.31. The second-order valence-electron chi connectivity index (χ2n) is 4.94. The number of hydrogen-bond donors (Lipinski definition) is 1. The van der Waals surface area contributed by atoms with Crippen molar-refractivity contribution in [3.05, 3.63) is 28.8 Å². The number of halogens is 3.